The number of carbonyl (C=O) groups is 1. The number of hydrogen-bond acceptors (Lipinski definition) is 2. The van der Waals surface area contributed by atoms with Gasteiger partial charge in [0.25, 0.3) is 0 Å². The normalized spacial score (nSPS) is 16.1. The molecule has 0 heterocycles. The molecule has 0 bridgehead atoms. The predicted octanol–water partition coefficient (Wildman–Crippen LogP) is 2.93. The van der Waals surface area contributed by atoms with E-state index in [2.05, 4.69) is 17.6 Å². The lowest BCUT2D eigenvalue weighted by Gasteiger charge is -2.16. The molecule has 1 aromatic rings. The van der Waals surface area contributed by atoms with E-state index in [9.17, 15) is 9.18 Å². The summed E-state index contributed by atoms with van der Waals surface area (Å²) in [7, 11) is 0. The smallest absolute Gasteiger partial charge is 0.238 e. The molecule has 1 saturated carbocycles. The SMILES string of the molecule is CCC(CC1CC1)NCC(=O)Nc1ccccc1F. The molecule has 0 saturated heterocycles. The van der Waals surface area contributed by atoms with Crippen LogP contribution in [0.25, 0.3) is 0 Å². The second kappa shape index (κ2) is 6.66. The third-order valence-corrected chi connectivity index (χ3v) is 3.51. The van der Waals surface area contributed by atoms with Crippen LogP contribution in [0.2, 0.25) is 0 Å². The van der Waals surface area contributed by atoms with Gasteiger partial charge >= 0.3 is 0 Å². The molecular formula is C15H21FN2O. The molecule has 1 amide bonds. The lowest BCUT2D eigenvalue weighted by atomic mass is 10.1. The number of anilines is 1. The molecule has 1 aromatic carbocycles. The van der Waals surface area contributed by atoms with E-state index in [-0.39, 0.29) is 18.1 Å². The molecule has 1 unspecified atom stereocenters. The van der Waals surface area contributed by atoms with Crippen LogP contribution in [0.15, 0.2) is 24.3 Å². The zero-order valence-corrected chi connectivity index (χ0v) is 11.3. The van der Waals surface area contributed by atoms with Crippen LogP contribution in [0.5, 0.6) is 0 Å². The van der Waals surface area contributed by atoms with Gasteiger partial charge in [-0.05, 0) is 30.9 Å². The molecule has 1 fully saturated rings. The van der Waals surface area contributed by atoms with Crippen LogP contribution in [0, 0.1) is 11.7 Å². The molecule has 0 aliphatic heterocycles. The average Bonchev–Trinajstić information content (AvgIpc) is 3.21. The van der Waals surface area contributed by atoms with Gasteiger partial charge in [-0.1, -0.05) is 31.9 Å². The third kappa shape index (κ3) is 4.63. The molecule has 1 aliphatic rings. The summed E-state index contributed by atoms with van der Waals surface area (Å²) in [6, 6.07) is 6.60. The zero-order valence-electron chi connectivity index (χ0n) is 11.3. The fourth-order valence-electron chi connectivity index (χ4n) is 2.14. The minimum atomic E-state index is -0.402. The molecule has 2 N–H and O–H groups in total. The van der Waals surface area contributed by atoms with Gasteiger partial charge < -0.3 is 10.6 Å². The van der Waals surface area contributed by atoms with Crippen molar-refractivity contribution in [3.8, 4) is 0 Å². The maximum Gasteiger partial charge on any atom is 0.238 e. The molecule has 0 radical (unpaired) electrons. The Bertz CT molecular complexity index is 432. The summed E-state index contributed by atoms with van der Waals surface area (Å²) < 4.78 is 13.4. The Balaban J connectivity index is 1.75. The fraction of sp³-hybridized carbons (Fsp3) is 0.533. The van der Waals surface area contributed by atoms with Crippen molar-refractivity contribution < 1.29 is 9.18 Å². The molecule has 2 rings (SSSR count). The van der Waals surface area contributed by atoms with Crippen molar-refractivity contribution in [3.63, 3.8) is 0 Å². The van der Waals surface area contributed by atoms with Crippen molar-refractivity contribution in [1.82, 2.24) is 5.32 Å². The summed E-state index contributed by atoms with van der Waals surface area (Å²) in [6.07, 6.45) is 4.80. The second-order valence-corrected chi connectivity index (χ2v) is 5.19. The number of para-hydroxylation sites is 1. The first-order chi connectivity index (χ1) is 9.19. The van der Waals surface area contributed by atoms with Gasteiger partial charge in [0.2, 0.25) is 5.91 Å². The lowest BCUT2D eigenvalue weighted by molar-refractivity contribution is -0.115. The molecule has 19 heavy (non-hydrogen) atoms. The molecule has 104 valence electrons. The largest absolute Gasteiger partial charge is 0.322 e. The van der Waals surface area contributed by atoms with E-state index in [1.54, 1.807) is 18.2 Å². The average molecular weight is 264 g/mol. The second-order valence-electron chi connectivity index (χ2n) is 5.19. The Morgan fingerprint density at radius 2 is 2.16 bits per heavy atom. The third-order valence-electron chi connectivity index (χ3n) is 3.51. The fourth-order valence-corrected chi connectivity index (χ4v) is 2.14. The minimum Gasteiger partial charge on any atom is -0.322 e. The van der Waals surface area contributed by atoms with Crippen LogP contribution in [-0.2, 0) is 4.79 Å². The van der Waals surface area contributed by atoms with Crippen molar-refractivity contribution in [2.75, 3.05) is 11.9 Å². The van der Waals surface area contributed by atoms with Gasteiger partial charge in [-0.15, -0.1) is 0 Å². The highest BCUT2D eigenvalue weighted by atomic mass is 19.1. The van der Waals surface area contributed by atoms with Crippen LogP contribution < -0.4 is 10.6 Å². The first-order valence-corrected chi connectivity index (χ1v) is 6.96. The Hall–Kier alpha value is -1.42. The maximum absolute atomic E-state index is 13.4. The highest BCUT2D eigenvalue weighted by Gasteiger charge is 2.24. The highest BCUT2D eigenvalue weighted by Crippen LogP contribution is 2.33. The summed E-state index contributed by atoms with van der Waals surface area (Å²) in [4.78, 5) is 11.7. The monoisotopic (exact) mass is 264 g/mol. The first kappa shape index (κ1) is 14.0. The van der Waals surface area contributed by atoms with Crippen LogP contribution in [0.1, 0.15) is 32.6 Å². The quantitative estimate of drug-likeness (QED) is 0.795. The molecule has 0 aromatic heterocycles. The molecule has 1 aliphatic carbocycles. The summed E-state index contributed by atoms with van der Waals surface area (Å²) >= 11 is 0. The van der Waals surface area contributed by atoms with Crippen LogP contribution in [0.4, 0.5) is 10.1 Å². The number of benzene rings is 1. The Kier molecular flexibility index (Phi) is 4.91. The van der Waals surface area contributed by atoms with Crippen LogP contribution in [-0.4, -0.2) is 18.5 Å². The number of nitrogens with one attached hydrogen (secondary N) is 2. The summed E-state index contributed by atoms with van der Waals surface area (Å²) in [6.45, 7) is 2.36. The van der Waals surface area contributed by atoms with Gasteiger partial charge in [0, 0.05) is 6.04 Å². The molecule has 1 atom stereocenters. The Morgan fingerprint density at radius 3 is 2.79 bits per heavy atom. The standard InChI is InChI=1S/C15H21FN2O/c1-2-12(9-11-7-8-11)17-10-15(19)18-14-6-4-3-5-13(14)16/h3-6,11-12,17H,2,7-10H2,1H3,(H,18,19). The molecular weight excluding hydrogens is 243 g/mol. The summed E-state index contributed by atoms with van der Waals surface area (Å²) in [5.41, 5.74) is 0.240. The van der Waals surface area contributed by atoms with Crippen molar-refractivity contribution in [1.29, 1.82) is 0 Å². The highest BCUT2D eigenvalue weighted by molar-refractivity contribution is 5.92. The molecule has 4 heteroatoms. The van der Waals surface area contributed by atoms with Gasteiger partial charge in [0.1, 0.15) is 5.82 Å². The van der Waals surface area contributed by atoms with Gasteiger partial charge in [0.15, 0.2) is 0 Å². The number of amides is 1. The maximum atomic E-state index is 13.4. The lowest BCUT2D eigenvalue weighted by Crippen LogP contribution is -2.36. The molecule has 3 nitrogen and oxygen atoms in total. The van der Waals surface area contributed by atoms with Crippen molar-refractivity contribution in [2.24, 2.45) is 5.92 Å². The van der Waals surface area contributed by atoms with Gasteiger partial charge in [-0.25, -0.2) is 4.39 Å². The zero-order chi connectivity index (χ0) is 13.7. The number of hydrogen-bond donors (Lipinski definition) is 2. The van der Waals surface area contributed by atoms with Crippen LogP contribution >= 0.6 is 0 Å². The first-order valence-electron chi connectivity index (χ1n) is 6.96. The topological polar surface area (TPSA) is 41.1 Å². The summed E-state index contributed by atoms with van der Waals surface area (Å²) in [5.74, 6) is 0.243. The van der Waals surface area contributed by atoms with E-state index in [1.807, 2.05) is 0 Å². The number of rotatable bonds is 7. The van der Waals surface area contributed by atoms with Crippen molar-refractivity contribution in [3.05, 3.63) is 30.1 Å². The van der Waals surface area contributed by atoms with E-state index in [0.29, 0.717) is 6.04 Å². The van der Waals surface area contributed by atoms with Gasteiger partial charge in [-0.2, -0.15) is 0 Å². The van der Waals surface area contributed by atoms with E-state index in [4.69, 9.17) is 0 Å². The van der Waals surface area contributed by atoms with E-state index in [1.165, 1.54) is 18.9 Å². The van der Waals surface area contributed by atoms with Gasteiger partial charge in [-0.3, -0.25) is 4.79 Å². The Labute approximate surface area is 113 Å². The van der Waals surface area contributed by atoms with Crippen molar-refractivity contribution >= 4 is 11.6 Å². The van der Waals surface area contributed by atoms with E-state index in [0.717, 1.165) is 18.8 Å². The number of halogens is 1. The van der Waals surface area contributed by atoms with Crippen LogP contribution in [0.3, 0.4) is 0 Å². The number of carbonyl (C=O) groups excluding carboxylic acids is 1. The van der Waals surface area contributed by atoms with E-state index < -0.39 is 5.82 Å². The minimum absolute atomic E-state index is 0.195. The molecule has 0 spiro atoms. The Morgan fingerprint density at radius 1 is 1.42 bits per heavy atom. The summed E-state index contributed by atoms with van der Waals surface area (Å²) in [5, 5.41) is 5.83. The van der Waals surface area contributed by atoms with Gasteiger partial charge in [0.05, 0.1) is 12.2 Å². The van der Waals surface area contributed by atoms with E-state index >= 15 is 0 Å². The predicted molar refractivity (Wildman–Crippen MR) is 74.5 cm³/mol. The van der Waals surface area contributed by atoms with Crippen molar-refractivity contribution in [2.45, 2.75) is 38.6 Å².